The van der Waals surface area contributed by atoms with Crippen LogP contribution >= 0.6 is 27.7 Å². The predicted molar refractivity (Wildman–Crippen MR) is 72.8 cm³/mol. The molecular weight excluding hydrogens is 284 g/mol. The summed E-state index contributed by atoms with van der Waals surface area (Å²) in [5, 5.41) is 13.0. The Morgan fingerprint density at radius 1 is 1.56 bits per heavy atom. The summed E-state index contributed by atoms with van der Waals surface area (Å²) in [7, 11) is 0. The minimum Gasteiger partial charge on any atom is -0.380 e. The second-order valence-corrected chi connectivity index (χ2v) is 6.26. The molecule has 2 rings (SSSR count). The zero-order chi connectivity index (χ0) is 11.5. The van der Waals surface area contributed by atoms with Gasteiger partial charge < -0.3 is 5.32 Å². The number of benzene rings is 1. The van der Waals surface area contributed by atoms with E-state index in [9.17, 15) is 0 Å². The molecule has 16 heavy (non-hydrogen) atoms. The maximum absolute atomic E-state index is 8.78. The van der Waals surface area contributed by atoms with Crippen LogP contribution in [-0.2, 0) is 0 Å². The molecule has 1 aromatic carbocycles. The van der Waals surface area contributed by atoms with E-state index in [1.807, 2.05) is 30.0 Å². The van der Waals surface area contributed by atoms with Crippen molar-refractivity contribution in [1.29, 1.82) is 5.26 Å². The van der Waals surface area contributed by atoms with Gasteiger partial charge in [0.05, 0.1) is 11.6 Å². The average Bonchev–Trinajstić information content (AvgIpc) is 2.67. The molecule has 1 aliphatic rings. The Morgan fingerprint density at radius 2 is 2.38 bits per heavy atom. The highest BCUT2D eigenvalue weighted by Crippen LogP contribution is 2.31. The summed E-state index contributed by atoms with van der Waals surface area (Å²) in [5.41, 5.74) is 1.77. The number of hydrogen-bond donors (Lipinski definition) is 1. The molecule has 4 heteroatoms. The SMILES string of the molecule is CC1SCCC1Nc1ccc(C#N)cc1Br. The van der Waals surface area contributed by atoms with Crippen molar-refractivity contribution in [2.24, 2.45) is 0 Å². The average molecular weight is 297 g/mol. The van der Waals surface area contributed by atoms with E-state index < -0.39 is 0 Å². The van der Waals surface area contributed by atoms with E-state index in [2.05, 4.69) is 34.2 Å². The molecule has 84 valence electrons. The second kappa shape index (κ2) is 5.11. The summed E-state index contributed by atoms with van der Waals surface area (Å²) >= 11 is 5.50. The molecular formula is C12H13BrN2S. The van der Waals surface area contributed by atoms with Crippen LogP contribution in [0.3, 0.4) is 0 Å². The van der Waals surface area contributed by atoms with Crippen LogP contribution in [0.4, 0.5) is 5.69 Å². The lowest BCUT2D eigenvalue weighted by Crippen LogP contribution is -2.24. The first-order chi connectivity index (χ1) is 7.70. The second-order valence-electron chi connectivity index (χ2n) is 3.92. The van der Waals surface area contributed by atoms with E-state index in [0.717, 1.165) is 10.2 Å². The Balaban J connectivity index is 2.13. The van der Waals surface area contributed by atoms with Gasteiger partial charge in [-0.15, -0.1) is 0 Å². The van der Waals surface area contributed by atoms with Crippen molar-refractivity contribution >= 4 is 33.4 Å². The molecule has 1 aromatic rings. The van der Waals surface area contributed by atoms with Crippen molar-refractivity contribution in [3.63, 3.8) is 0 Å². The largest absolute Gasteiger partial charge is 0.380 e. The number of anilines is 1. The first kappa shape index (κ1) is 11.8. The van der Waals surface area contributed by atoms with Gasteiger partial charge in [0.25, 0.3) is 0 Å². The summed E-state index contributed by atoms with van der Waals surface area (Å²) in [6.07, 6.45) is 1.21. The number of nitrogens with one attached hydrogen (secondary N) is 1. The number of thioether (sulfide) groups is 1. The van der Waals surface area contributed by atoms with Gasteiger partial charge in [-0.25, -0.2) is 0 Å². The maximum atomic E-state index is 8.78. The van der Waals surface area contributed by atoms with Crippen LogP contribution in [0.2, 0.25) is 0 Å². The zero-order valence-electron chi connectivity index (χ0n) is 9.03. The first-order valence-electron chi connectivity index (χ1n) is 5.28. The molecule has 1 saturated heterocycles. The highest BCUT2D eigenvalue weighted by Gasteiger charge is 2.24. The molecule has 0 aliphatic carbocycles. The minimum absolute atomic E-state index is 0.536. The fourth-order valence-corrected chi connectivity index (χ4v) is 3.51. The molecule has 1 N–H and O–H groups in total. The third-order valence-corrected chi connectivity index (χ3v) is 4.80. The monoisotopic (exact) mass is 296 g/mol. The molecule has 1 fully saturated rings. The fourth-order valence-electron chi connectivity index (χ4n) is 1.82. The molecule has 2 unspecified atom stereocenters. The highest BCUT2D eigenvalue weighted by atomic mass is 79.9. The highest BCUT2D eigenvalue weighted by molar-refractivity contribution is 9.10. The molecule has 0 amide bonds. The summed E-state index contributed by atoms with van der Waals surface area (Å²) in [5.74, 6) is 1.23. The molecule has 1 heterocycles. The van der Waals surface area contributed by atoms with Gasteiger partial charge in [-0.2, -0.15) is 17.0 Å². The van der Waals surface area contributed by atoms with Gasteiger partial charge >= 0.3 is 0 Å². The van der Waals surface area contributed by atoms with E-state index in [0.29, 0.717) is 16.9 Å². The maximum Gasteiger partial charge on any atom is 0.0992 e. The third kappa shape index (κ3) is 2.53. The van der Waals surface area contributed by atoms with Crippen LogP contribution in [0.25, 0.3) is 0 Å². The van der Waals surface area contributed by atoms with Crippen LogP contribution in [0.1, 0.15) is 18.9 Å². The van der Waals surface area contributed by atoms with Crippen molar-refractivity contribution in [3.8, 4) is 6.07 Å². The van der Waals surface area contributed by atoms with Crippen molar-refractivity contribution in [2.45, 2.75) is 24.6 Å². The van der Waals surface area contributed by atoms with Crippen molar-refractivity contribution in [3.05, 3.63) is 28.2 Å². The fraction of sp³-hybridized carbons (Fsp3) is 0.417. The van der Waals surface area contributed by atoms with Gasteiger partial charge in [0.1, 0.15) is 0 Å². The number of halogens is 1. The zero-order valence-corrected chi connectivity index (χ0v) is 11.4. The Bertz CT molecular complexity index is 428. The van der Waals surface area contributed by atoms with Crippen LogP contribution in [-0.4, -0.2) is 17.0 Å². The van der Waals surface area contributed by atoms with Crippen molar-refractivity contribution in [1.82, 2.24) is 0 Å². The quantitative estimate of drug-likeness (QED) is 0.905. The topological polar surface area (TPSA) is 35.8 Å². The Labute approximate surface area is 109 Å². The molecule has 0 saturated carbocycles. The smallest absolute Gasteiger partial charge is 0.0992 e. The van der Waals surface area contributed by atoms with E-state index in [-0.39, 0.29) is 0 Å². The minimum atomic E-state index is 0.536. The predicted octanol–water partition coefficient (Wildman–Crippen LogP) is 3.63. The van der Waals surface area contributed by atoms with Crippen LogP contribution in [0.5, 0.6) is 0 Å². The van der Waals surface area contributed by atoms with Gasteiger partial charge in [-0.3, -0.25) is 0 Å². The van der Waals surface area contributed by atoms with Gasteiger partial charge in [0.15, 0.2) is 0 Å². The van der Waals surface area contributed by atoms with E-state index in [4.69, 9.17) is 5.26 Å². The molecule has 2 atom stereocenters. The van der Waals surface area contributed by atoms with Gasteiger partial charge in [-0.1, -0.05) is 6.92 Å². The number of hydrogen-bond acceptors (Lipinski definition) is 3. The van der Waals surface area contributed by atoms with E-state index >= 15 is 0 Å². The molecule has 0 radical (unpaired) electrons. The lowest BCUT2D eigenvalue weighted by atomic mass is 10.1. The molecule has 0 aromatic heterocycles. The summed E-state index contributed by atoms with van der Waals surface area (Å²) in [4.78, 5) is 0. The van der Waals surface area contributed by atoms with Crippen molar-refractivity contribution < 1.29 is 0 Å². The summed E-state index contributed by atoms with van der Waals surface area (Å²) < 4.78 is 0.968. The van der Waals surface area contributed by atoms with Gasteiger partial charge in [0.2, 0.25) is 0 Å². The van der Waals surface area contributed by atoms with E-state index in [1.165, 1.54) is 12.2 Å². The Morgan fingerprint density at radius 3 is 2.94 bits per heavy atom. The van der Waals surface area contributed by atoms with Gasteiger partial charge in [-0.05, 0) is 46.3 Å². The van der Waals surface area contributed by atoms with Crippen LogP contribution < -0.4 is 5.32 Å². The summed E-state index contributed by atoms with van der Waals surface area (Å²) in [6.45, 7) is 2.26. The molecule has 0 spiro atoms. The third-order valence-electron chi connectivity index (χ3n) is 2.82. The molecule has 2 nitrogen and oxygen atoms in total. The number of nitriles is 1. The van der Waals surface area contributed by atoms with Crippen molar-refractivity contribution in [2.75, 3.05) is 11.1 Å². The summed E-state index contributed by atoms with van der Waals surface area (Å²) in [6, 6.07) is 8.35. The lowest BCUT2D eigenvalue weighted by molar-refractivity contribution is 0.724. The first-order valence-corrected chi connectivity index (χ1v) is 7.12. The van der Waals surface area contributed by atoms with Crippen LogP contribution in [0, 0.1) is 11.3 Å². The Hall–Kier alpha value is -0.660. The number of rotatable bonds is 2. The lowest BCUT2D eigenvalue weighted by Gasteiger charge is -2.18. The van der Waals surface area contributed by atoms with Crippen LogP contribution in [0.15, 0.2) is 22.7 Å². The normalized spacial score (nSPS) is 24.1. The molecule has 1 aliphatic heterocycles. The molecule has 0 bridgehead atoms. The Kier molecular flexibility index (Phi) is 3.78. The van der Waals surface area contributed by atoms with E-state index in [1.54, 1.807) is 0 Å². The standard InChI is InChI=1S/C12H13BrN2S/c1-8-11(4-5-16-8)15-12-3-2-9(7-14)6-10(12)13/h2-3,6,8,11,15H,4-5H2,1H3. The number of nitrogens with zero attached hydrogens (tertiary/aromatic N) is 1. The van der Waals surface area contributed by atoms with Gasteiger partial charge in [0, 0.05) is 21.5 Å².